The van der Waals surface area contributed by atoms with Gasteiger partial charge in [-0.3, -0.25) is 9.98 Å². The fourth-order valence-corrected chi connectivity index (χ4v) is 5.61. The van der Waals surface area contributed by atoms with Crippen molar-refractivity contribution < 1.29 is 0 Å². The molecule has 4 heterocycles. The maximum Gasteiger partial charge on any atom is 0.206 e. The highest BCUT2D eigenvalue weighted by Crippen LogP contribution is 2.33. The van der Waals surface area contributed by atoms with Crippen LogP contribution in [0.2, 0.25) is 5.15 Å². The van der Waals surface area contributed by atoms with E-state index < -0.39 is 0 Å². The van der Waals surface area contributed by atoms with E-state index in [1.54, 1.807) is 0 Å². The van der Waals surface area contributed by atoms with Crippen LogP contribution in [0, 0.1) is 11.3 Å². The van der Waals surface area contributed by atoms with E-state index in [1.807, 2.05) is 41.7 Å². The molecule has 0 saturated carbocycles. The van der Waals surface area contributed by atoms with Crippen molar-refractivity contribution in [3.05, 3.63) is 53.0 Å². The molecule has 184 valence electrons. The van der Waals surface area contributed by atoms with Gasteiger partial charge in [0, 0.05) is 45.0 Å². The number of fused-ring (bicyclic) bond motifs is 1. The van der Waals surface area contributed by atoms with Gasteiger partial charge < -0.3 is 14.0 Å². The van der Waals surface area contributed by atoms with Crippen LogP contribution in [0.4, 0.5) is 5.95 Å². The Kier molecular flexibility index (Phi) is 6.17. The summed E-state index contributed by atoms with van der Waals surface area (Å²) in [6.45, 7) is 8.43. The van der Waals surface area contributed by atoms with Crippen LogP contribution in [-0.4, -0.2) is 41.7 Å². The first-order valence-electron chi connectivity index (χ1n) is 12.3. The Morgan fingerprint density at radius 2 is 1.77 bits per heavy atom. The number of imidazole rings is 2. The highest BCUT2D eigenvalue weighted by molar-refractivity contribution is 6.29. The van der Waals surface area contributed by atoms with Crippen LogP contribution < -0.4 is 10.5 Å². The minimum Gasteiger partial charge on any atom is -0.342 e. The molecule has 0 amide bonds. The van der Waals surface area contributed by atoms with Crippen LogP contribution >= 0.6 is 11.6 Å². The molecule has 8 nitrogen and oxygen atoms in total. The molecule has 1 N–H and O–H groups in total. The molecule has 0 aliphatic carbocycles. The van der Waals surface area contributed by atoms with Crippen molar-refractivity contribution in [3.8, 4) is 11.4 Å². The van der Waals surface area contributed by atoms with Crippen molar-refractivity contribution in [1.82, 2.24) is 28.7 Å². The summed E-state index contributed by atoms with van der Waals surface area (Å²) in [7, 11) is 3.91. The van der Waals surface area contributed by atoms with Crippen LogP contribution in [0.3, 0.4) is 0 Å². The molecule has 1 saturated heterocycles. The predicted octanol–water partition coefficient (Wildman–Crippen LogP) is 4.90. The number of aromatic nitrogens is 6. The van der Waals surface area contributed by atoms with Gasteiger partial charge in [-0.2, -0.15) is 0 Å². The number of hydrogen-bond acceptors (Lipinski definition) is 5. The van der Waals surface area contributed by atoms with E-state index in [0.29, 0.717) is 22.6 Å². The first-order valence-corrected chi connectivity index (χ1v) is 12.7. The zero-order valence-electron chi connectivity index (χ0n) is 21.0. The van der Waals surface area contributed by atoms with Crippen molar-refractivity contribution >= 4 is 28.7 Å². The third-order valence-electron chi connectivity index (χ3n) is 7.44. The number of anilines is 1. The Bertz CT molecular complexity index is 1420. The first-order chi connectivity index (χ1) is 16.8. The van der Waals surface area contributed by atoms with E-state index in [2.05, 4.69) is 53.4 Å². The lowest BCUT2D eigenvalue weighted by Crippen LogP contribution is -2.39. The number of rotatable bonds is 5. The Labute approximate surface area is 210 Å². The van der Waals surface area contributed by atoms with Crippen LogP contribution in [0.1, 0.15) is 51.1 Å². The smallest absolute Gasteiger partial charge is 0.206 e. The lowest BCUT2D eigenvalue weighted by molar-refractivity contribution is 0.286. The summed E-state index contributed by atoms with van der Waals surface area (Å²) in [6.07, 6.45) is 5.74. The van der Waals surface area contributed by atoms with Gasteiger partial charge in [0.25, 0.3) is 0 Å². The van der Waals surface area contributed by atoms with Crippen molar-refractivity contribution in [2.45, 2.75) is 45.6 Å². The molecule has 0 spiro atoms. The number of nitrogens with one attached hydrogen (secondary N) is 1. The lowest BCUT2D eigenvalue weighted by atomic mass is 9.90. The summed E-state index contributed by atoms with van der Waals surface area (Å²) in [6, 6.07) is 8.48. The fraction of sp³-hybridized carbons (Fsp3) is 0.462. The average Bonchev–Trinajstić information content (AvgIpc) is 3.33. The summed E-state index contributed by atoms with van der Waals surface area (Å²) in [5.41, 5.74) is 4.45. The number of nitrogens with zero attached hydrogens (tertiary/aromatic N) is 7. The number of piperidine rings is 1. The maximum absolute atomic E-state index is 8.88. The van der Waals surface area contributed by atoms with Gasteiger partial charge in [-0.1, -0.05) is 49.7 Å². The third-order valence-corrected chi connectivity index (χ3v) is 7.63. The van der Waals surface area contributed by atoms with Gasteiger partial charge in [-0.05, 0) is 37.2 Å². The average molecular weight is 493 g/mol. The summed E-state index contributed by atoms with van der Waals surface area (Å²) in [5, 5.41) is 9.41. The van der Waals surface area contributed by atoms with E-state index in [-0.39, 0.29) is 6.04 Å². The van der Waals surface area contributed by atoms with Crippen LogP contribution in [0.5, 0.6) is 0 Å². The summed E-state index contributed by atoms with van der Waals surface area (Å²) >= 11 is 6.11. The summed E-state index contributed by atoms with van der Waals surface area (Å²) in [5.74, 6) is 2.44. The van der Waals surface area contributed by atoms with Crippen molar-refractivity contribution in [2.75, 3.05) is 18.0 Å². The zero-order valence-corrected chi connectivity index (χ0v) is 21.8. The van der Waals surface area contributed by atoms with Gasteiger partial charge in [0.15, 0.2) is 11.5 Å². The normalized spacial score (nSPS) is 15.9. The number of halogens is 1. The van der Waals surface area contributed by atoms with E-state index >= 15 is 0 Å². The molecule has 0 radical (unpaired) electrons. The molecule has 1 aliphatic heterocycles. The maximum atomic E-state index is 8.88. The standard InChI is InChI=1S/C26H33ClN8/c1-16(2)19-8-6-7-9-20(19)23-29-14-21-24(31-23)35(25(28)33(21)5)17(3)18-10-12-34(13-11-18)26-30-22(27)15-32(26)4/h6-9,14-18,28H,10-13H2,1-5H3. The first kappa shape index (κ1) is 23.6. The van der Waals surface area contributed by atoms with Crippen LogP contribution in [0.15, 0.2) is 36.7 Å². The highest BCUT2D eigenvalue weighted by Gasteiger charge is 2.29. The highest BCUT2D eigenvalue weighted by atomic mass is 35.5. The summed E-state index contributed by atoms with van der Waals surface area (Å²) < 4.78 is 5.96. The van der Waals surface area contributed by atoms with Gasteiger partial charge in [0.2, 0.25) is 11.6 Å². The van der Waals surface area contributed by atoms with E-state index in [4.69, 9.17) is 27.0 Å². The molecule has 4 aromatic rings. The van der Waals surface area contributed by atoms with Gasteiger partial charge >= 0.3 is 0 Å². The molecule has 9 heteroatoms. The van der Waals surface area contributed by atoms with Crippen LogP contribution in [-0.2, 0) is 14.1 Å². The third kappa shape index (κ3) is 4.14. The second kappa shape index (κ2) is 9.15. The Morgan fingerprint density at radius 3 is 2.43 bits per heavy atom. The molecular formula is C26H33ClN8. The van der Waals surface area contributed by atoms with Gasteiger partial charge in [0.1, 0.15) is 10.7 Å². The topological polar surface area (TPSA) is 80.6 Å². The molecular weight excluding hydrogens is 460 g/mol. The molecule has 1 atom stereocenters. The minimum absolute atomic E-state index is 0.140. The molecule has 1 fully saturated rings. The lowest BCUT2D eigenvalue weighted by Gasteiger charge is -2.35. The van der Waals surface area contributed by atoms with Crippen molar-refractivity contribution in [2.24, 2.45) is 20.0 Å². The number of hydrogen-bond donors (Lipinski definition) is 1. The number of aryl methyl sites for hydroxylation is 2. The monoisotopic (exact) mass is 492 g/mol. The Morgan fingerprint density at radius 1 is 1.06 bits per heavy atom. The molecule has 35 heavy (non-hydrogen) atoms. The molecule has 0 bridgehead atoms. The predicted molar refractivity (Wildman–Crippen MR) is 140 cm³/mol. The Balaban J connectivity index is 1.47. The molecule has 1 unspecified atom stereocenters. The SMILES string of the molecule is CC(C)c1ccccc1-c1ncc2c(n1)n(C(C)C1CCN(c3nc(Cl)cn3C)CC1)c(=N)n2C. The summed E-state index contributed by atoms with van der Waals surface area (Å²) in [4.78, 5) is 16.5. The van der Waals surface area contributed by atoms with Crippen molar-refractivity contribution in [1.29, 1.82) is 5.41 Å². The zero-order chi connectivity index (χ0) is 24.9. The quantitative estimate of drug-likeness (QED) is 0.429. The van der Waals surface area contributed by atoms with Gasteiger partial charge in [0.05, 0.1) is 6.20 Å². The molecule has 1 aromatic carbocycles. The van der Waals surface area contributed by atoms with E-state index in [0.717, 1.165) is 54.4 Å². The fourth-order valence-electron chi connectivity index (χ4n) is 5.38. The number of benzene rings is 1. The van der Waals surface area contributed by atoms with Gasteiger partial charge in [-0.25, -0.2) is 15.0 Å². The largest absolute Gasteiger partial charge is 0.342 e. The molecule has 3 aromatic heterocycles. The molecule has 1 aliphatic rings. The Hall–Kier alpha value is -3.13. The van der Waals surface area contributed by atoms with Gasteiger partial charge in [-0.15, -0.1) is 0 Å². The molecule has 5 rings (SSSR count). The van der Waals surface area contributed by atoms with Crippen LogP contribution in [0.25, 0.3) is 22.6 Å². The second-order valence-electron chi connectivity index (χ2n) is 9.94. The van der Waals surface area contributed by atoms with E-state index in [9.17, 15) is 0 Å². The van der Waals surface area contributed by atoms with E-state index in [1.165, 1.54) is 5.56 Å². The van der Waals surface area contributed by atoms with Crippen molar-refractivity contribution in [3.63, 3.8) is 0 Å². The minimum atomic E-state index is 0.140. The second-order valence-corrected chi connectivity index (χ2v) is 10.3.